The van der Waals surface area contributed by atoms with Crippen LogP contribution in [0.5, 0.6) is 5.75 Å². The molecule has 0 spiro atoms. The molecule has 0 aliphatic carbocycles. The fourth-order valence-corrected chi connectivity index (χ4v) is 2.79. The number of halogens is 1. The van der Waals surface area contributed by atoms with E-state index in [9.17, 15) is 9.90 Å². The summed E-state index contributed by atoms with van der Waals surface area (Å²) in [4.78, 5) is 15.9. The second-order valence-corrected chi connectivity index (χ2v) is 5.66. The number of carbonyl (C=O) groups is 1. The Morgan fingerprint density at radius 1 is 1.26 bits per heavy atom. The number of phenolic OH excluding ortho intramolecular Hbond substituents is 1. The predicted molar refractivity (Wildman–Crippen MR) is 91.5 cm³/mol. The minimum atomic E-state index is -0.719. The van der Waals surface area contributed by atoms with Gasteiger partial charge in [-0.3, -0.25) is 4.79 Å². The average Bonchev–Trinajstić information content (AvgIpc) is 2.50. The summed E-state index contributed by atoms with van der Waals surface area (Å²) in [6.45, 7) is 1.77. The van der Waals surface area contributed by atoms with Gasteiger partial charge in [-0.25, -0.2) is 4.98 Å². The summed E-state index contributed by atoms with van der Waals surface area (Å²) in [6, 6.07) is 10.3. The van der Waals surface area contributed by atoms with E-state index in [0.717, 1.165) is 5.39 Å². The van der Waals surface area contributed by atoms with Crippen LogP contribution in [0.25, 0.3) is 22.0 Å². The second-order valence-electron chi connectivity index (χ2n) is 5.22. The van der Waals surface area contributed by atoms with Crippen LogP contribution in [0.2, 0.25) is 5.02 Å². The number of hydrogen-bond acceptors (Lipinski definition) is 4. The van der Waals surface area contributed by atoms with E-state index in [2.05, 4.69) is 4.98 Å². The molecular formula is C17H14ClN3O2. The van der Waals surface area contributed by atoms with E-state index in [0.29, 0.717) is 27.2 Å². The number of rotatable bonds is 2. The molecule has 2 aromatic carbocycles. The van der Waals surface area contributed by atoms with Crippen LogP contribution in [-0.4, -0.2) is 16.0 Å². The van der Waals surface area contributed by atoms with E-state index in [4.69, 9.17) is 23.1 Å². The lowest BCUT2D eigenvalue weighted by Crippen LogP contribution is -2.16. The van der Waals surface area contributed by atoms with Gasteiger partial charge in [0.25, 0.3) is 5.91 Å². The lowest BCUT2D eigenvalue weighted by atomic mass is 9.94. The van der Waals surface area contributed by atoms with Crippen LogP contribution in [-0.2, 0) is 0 Å². The fourth-order valence-electron chi connectivity index (χ4n) is 2.63. The van der Waals surface area contributed by atoms with E-state index in [1.807, 2.05) is 6.07 Å². The number of carbonyl (C=O) groups excluding carboxylic acids is 1. The van der Waals surface area contributed by atoms with Gasteiger partial charge in [0.05, 0.1) is 11.2 Å². The highest BCUT2D eigenvalue weighted by Gasteiger charge is 2.19. The molecule has 1 amide bonds. The normalized spacial score (nSPS) is 10.9. The molecule has 116 valence electrons. The number of benzene rings is 2. The van der Waals surface area contributed by atoms with E-state index in [-0.39, 0.29) is 17.1 Å². The fraction of sp³-hybridized carbons (Fsp3) is 0.0588. The van der Waals surface area contributed by atoms with Crippen LogP contribution in [0.3, 0.4) is 0 Å². The first-order chi connectivity index (χ1) is 10.9. The molecule has 5 N–H and O–H groups in total. The smallest absolute Gasteiger partial charge is 0.269 e. The van der Waals surface area contributed by atoms with Gasteiger partial charge in [-0.15, -0.1) is 0 Å². The topological polar surface area (TPSA) is 102 Å². The number of anilines is 1. The average molecular weight is 328 g/mol. The van der Waals surface area contributed by atoms with Crippen molar-refractivity contribution in [3.05, 3.63) is 52.7 Å². The zero-order valence-corrected chi connectivity index (χ0v) is 13.1. The van der Waals surface area contributed by atoms with Crippen molar-refractivity contribution in [1.29, 1.82) is 0 Å². The summed E-state index contributed by atoms with van der Waals surface area (Å²) < 4.78 is 0. The lowest BCUT2D eigenvalue weighted by Gasteiger charge is -2.15. The molecule has 1 heterocycles. The maximum Gasteiger partial charge on any atom is 0.269 e. The summed E-state index contributed by atoms with van der Waals surface area (Å²) in [5, 5.41) is 11.2. The number of nitrogen functional groups attached to an aromatic ring is 1. The maximum absolute atomic E-state index is 11.7. The Balaban J connectivity index is 2.49. The predicted octanol–water partition coefficient (Wildman–Crippen LogP) is 3.25. The minimum absolute atomic E-state index is 0.0162. The number of phenols is 1. The molecule has 0 fully saturated rings. The Hall–Kier alpha value is -2.79. The van der Waals surface area contributed by atoms with Gasteiger partial charge in [0.1, 0.15) is 5.75 Å². The van der Waals surface area contributed by atoms with Crippen LogP contribution < -0.4 is 11.5 Å². The zero-order chi connectivity index (χ0) is 16.7. The van der Waals surface area contributed by atoms with Crippen molar-refractivity contribution in [2.75, 3.05) is 5.73 Å². The van der Waals surface area contributed by atoms with Gasteiger partial charge in [0, 0.05) is 16.0 Å². The second kappa shape index (κ2) is 5.44. The summed E-state index contributed by atoms with van der Waals surface area (Å²) in [5.74, 6) is -0.579. The highest BCUT2D eigenvalue weighted by atomic mass is 35.5. The van der Waals surface area contributed by atoms with Gasteiger partial charge < -0.3 is 16.6 Å². The Kier molecular flexibility index (Phi) is 3.58. The number of fused-ring (bicyclic) bond motifs is 1. The third kappa shape index (κ3) is 2.45. The first-order valence-corrected chi connectivity index (χ1v) is 7.25. The Bertz CT molecular complexity index is 954. The molecule has 5 nitrogen and oxygen atoms in total. The molecule has 6 heteroatoms. The van der Waals surface area contributed by atoms with Crippen LogP contribution in [0.1, 0.15) is 16.1 Å². The van der Waals surface area contributed by atoms with Gasteiger partial charge in [-0.1, -0.05) is 29.8 Å². The van der Waals surface area contributed by atoms with Crippen molar-refractivity contribution in [3.63, 3.8) is 0 Å². The number of hydrogen-bond donors (Lipinski definition) is 3. The number of aromatic nitrogens is 1. The molecule has 0 unspecified atom stereocenters. The quantitative estimate of drug-likeness (QED) is 0.672. The molecule has 3 aromatic rings. The first kappa shape index (κ1) is 15.1. The number of primary amides is 1. The first-order valence-electron chi connectivity index (χ1n) is 6.87. The molecular weight excluding hydrogens is 314 g/mol. The Morgan fingerprint density at radius 2 is 2.00 bits per heavy atom. The van der Waals surface area contributed by atoms with Crippen molar-refractivity contribution >= 4 is 34.1 Å². The number of nitrogens with zero attached hydrogens (tertiary/aromatic N) is 1. The van der Waals surface area contributed by atoms with Crippen molar-refractivity contribution in [2.45, 2.75) is 6.92 Å². The summed E-state index contributed by atoms with van der Waals surface area (Å²) in [7, 11) is 0. The van der Waals surface area contributed by atoms with Crippen molar-refractivity contribution in [2.24, 2.45) is 5.73 Å². The number of aromatic hydroxyl groups is 1. The third-order valence-electron chi connectivity index (χ3n) is 3.79. The van der Waals surface area contributed by atoms with Crippen molar-refractivity contribution in [1.82, 2.24) is 4.98 Å². The van der Waals surface area contributed by atoms with E-state index in [1.54, 1.807) is 37.3 Å². The molecule has 0 aliphatic heterocycles. The van der Waals surface area contributed by atoms with Gasteiger partial charge in [-0.05, 0) is 36.2 Å². The number of amides is 1. The van der Waals surface area contributed by atoms with Gasteiger partial charge in [-0.2, -0.15) is 0 Å². The molecule has 0 radical (unpaired) electrons. The van der Waals surface area contributed by atoms with E-state index < -0.39 is 5.91 Å². The standard InChI is InChI=1S/C17H14ClN3O2/c1-8-10(3-2-4-13(8)22)14-11-6-5-9(18)7-12(11)21-16(15(14)19)17(20)23/h2-7,22H,19H2,1H3,(H2,20,23). The molecule has 3 rings (SSSR count). The van der Waals surface area contributed by atoms with Crippen LogP contribution in [0.4, 0.5) is 5.69 Å². The maximum atomic E-state index is 11.7. The van der Waals surface area contributed by atoms with Crippen LogP contribution in [0, 0.1) is 6.92 Å². The van der Waals surface area contributed by atoms with Crippen molar-refractivity contribution in [3.8, 4) is 16.9 Å². The van der Waals surface area contributed by atoms with E-state index in [1.165, 1.54) is 0 Å². The largest absolute Gasteiger partial charge is 0.508 e. The highest BCUT2D eigenvalue weighted by molar-refractivity contribution is 6.31. The van der Waals surface area contributed by atoms with E-state index >= 15 is 0 Å². The summed E-state index contributed by atoms with van der Waals surface area (Å²) in [6.07, 6.45) is 0. The lowest BCUT2D eigenvalue weighted by molar-refractivity contribution is 0.0997. The monoisotopic (exact) mass is 327 g/mol. The molecule has 0 bridgehead atoms. The molecule has 0 atom stereocenters. The Labute approximate surface area is 137 Å². The van der Waals surface area contributed by atoms with Gasteiger partial charge >= 0.3 is 0 Å². The van der Waals surface area contributed by atoms with Crippen LogP contribution >= 0.6 is 11.6 Å². The van der Waals surface area contributed by atoms with Crippen molar-refractivity contribution < 1.29 is 9.90 Å². The van der Waals surface area contributed by atoms with Gasteiger partial charge in [0.2, 0.25) is 0 Å². The van der Waals surface area contributed by atoms with Crippen LogP contribution in [0.15, 0.2) is 36.4 Å². The third-order valence-corrected chi connectivity index (χ3v) is 4.03. The molecule has 0 aliphatic rings. The molecule has 23 heavy (non-hydrogen) atoms. The number of nitrogens with two attached hydrogens (primary N) is 2. The minimum Gasteiger partial charge on any atom is -0.508 e. The summed E-state index contributed by atoms with van der Waals surface area (Å²) in [5.41, 5.74) is 14.2. The molecule has 0 saturated heterocycles. The zero-order valence-electron chi connectivity index (χ0n) is 12.3. The summed E-state index contributed by atoms with van der Waals surface area (Å²) >= 11 is 6.02. The van der Waals surface area contributed by atoms with Gasteiger partial charge in [0.15, 0.2) is 5.69 Å². The molecule has 0 saturated carbocycles. The highest BCUT2D eigenvalue weighted by Crippen LogP contribution is 2.39. The molecule has 1 aromatic heterocycles. The number of pyridine rings is 1. The Morgan fingerprint density at radius 3 is 2.70 bits per heavy atom. The SMILES string of the molecule is Cc1c(O)cccc1-c1c(N)c(C(N)=O)nc2cc(Cl)ccc12.